The molecule has 1 aromatic heterocycles. The maximum absolute atomic E-state index is 12.1. The average molecular weight is 572 g/mol. The number of hydrogen-bond donors (Lipinski definition) is 2. The standard InChI is InChI=1S/C24H41N7O.HI/c1-3-25-24(26-12-8-14-31-13-7-5-6-9-23(31)32)28-20-21-10-11-22(27-19-21)30-17-15-29(4-2)16-18-30;/h10-11,19H,3-9,12-18,20H2,1-2H3,(H2,25,26,28);1H. The summed E-state index contributed by atoms with van der Waals surface area (Å²) in [6.07, 6.45) is 6.92. The fourth-order valence-electron chi connectivity index (χ4n) is 4.25. The van der Waals surface area contributed by atoms with Crippen LogP contribution in [0.2, 0.25) is 0 Å². The number of piperazine rings is 1. The topological polar surface area (TPSA) is 76.1 Å². The predicted molar refractivity (Wildman–Crippen MR) is 146 cm³/mol. The zero-order valence-corrected chi connectivity index (χ0v) is 22.7. The van der Waals surface area contributed by atoms with E-state index in [-0.39, 0.29) is 24.0 Å². The molecule has 186 valence electrons. The Kier molecular flexibility index (Phi) is 12.8. The summed E-state index contributed by atoms with van der Waals surface area (Å²) in [5.41, 5.74) is 1.10. The number of carbonyl (C=O) groups is 1. The molecular formula is C24H42IN7O. The van der Waals surface area contributed by atoms with Gasteiger partial charge >= 0.3 is 0 Å². The van der Waals surface area contributed by atoms with Gasteiger partial charge in [0.1, 0.15) is 5.82 Å². The molecule has 0 saturated carbocycles. The first-order valence-corrected chi connectivity index (χ1v) is 12.4. The summed E-state index contributed by atoms with van der Waals surface area (Å²) >= 11 is 0. The van der Waals surface area contributed by atoms with Crippen molar-refractivity contribution in [1.82, 2.24) is 25.4 Å². The Labute approximate surface area is 216 Å². The van der Waals surface area contributed by atoms with Crippen LogP contribution in [-0.2, 0) is 11.3 Å². The lowest BCUT2D eigenvalue weighted by molar-refractivity contribution is -0.130. The number of aromatic nitrogens is 1. The van der Waals surface area contributed by atoms with Crippen molar-refractivity contribution in [3.8, 4) is 0 Å². The SMILES string of the molecule is CCNC(=NCc1ccc(N2CCN(CC)CC2)nc1)NCCCN1CCCCCC1=O.I. The van der Waals surface area contributed by atoms with Crippen molar-refractivity contribution >= 4 is 41.7 Å². The van der Waals surface area contributed by atoms with Crippen molar-refractivity contribution < 1.29 is 4.79 Å². The second kappa shape index (κ2) is 15.3. The third-order valence-corrected chi connectivity index (χ3v) is 6.29. The molecule has 9 heteroatoms. The van der Waals surface area contributed by atoms with Gasteiger partial charge in [0.05, 0.1) is 6.54 Å². The molecule has 0 atom stereocenters. The Bertz CT molecular complexity index is 720. The van der Waals surface area contributed by atoms with E-state index >= 15 is 0 Å². The quantitative estimate of drug-likeness (QED) is 0.206. The maximum Gasteiger partial charge on any atom is 0.222 e. The number of likely N-dealkylation sites (tertiary alicyclic amines) is 1. The van der Waals surface area contributed by atoms with Crippen LogP contribution in [0.1, 0.15) is 51.5 Å². The van der Waals surface area contributed by atoms with Gasteiger partial charge in [-0.2, -0.15) is 0 Å². The normalized spacial score (nSPS) is 18.0. The van der Waals surface area contributed by atoms with Gasteiger partial charge in [-0.25, -0.2) is 9.98 Å². The van der Waals surface area contributed by atoms with E-state index in [0.29, 0.717) is 18.9 Å². The molecule has 0 radical (unpaired) electrons. The number of guanidine groups is 1. The molecule has 0 bridgehead atoms. The highest BCUT2D eigenvalue weighted by Gasteiger charge is 2.17. The van der Waals surface area contributed by atoms with Crippen LogP contribution in [0.25, 0.3) is 0 Å². The summed E-state index contributed by atoms with van der Waals surface area (Å²) in [6, 6.07) is 4.25. The summed E-state index contributed by atoms with van der Waals surface area (Å²) in [5, 5.41) is 6.71. The van der Waals surface area contributed by atoms with Crippen LogP contribution in [0.4, 0.5) is 5.82 Å². The number of hydrogen-bond acceptors (Lipinski definition) is 5. The molecule has 8 nitrogen and oxygen atoms in total. The summed E-state index contributed by atoms with van der Waals surface area (Å²) < 4.78 is 0. The third-order valence-electron chi connectivity index (χ3n) is 6.29. The first kappa shape index (κ1) is 27.6. The van der Waals surface area contributed by atoms with Crippen LogP contribution in [0.3, 0.4) is 0 Å². The largest absolute Gasteiger partial charge is 0.357 e. The van der Waals surface area contributed by atoms with Gasteiger partial charge in [-0.3, -0.25) is 4.79 Å². The minimum absolute atomic E-state index is 0. The number of amides is 1. The van der Waals surface area contributed by atoms with E-state index in [2.05, 4.69) is 51.4 Å². The van der Waals surface area contributed by atoms with Gasteiger partial charge in [-0.15, -0.1) is 24.0 Å². The molecule has 0 spiro atoms. The summed E-state index contributed by atoms with van der Waals surface area (Å²) in [6.45, 7) is 13.6. The number of likely N-dealkylation sites (N-methyl/N-ethyl adjacent to an activating group) is 1. The second-order valence-electron chi connectivity index (χ2n) is 8.61. The van der Waals surface area contributed by atoms with Crippen LogP contribution in [0, 0.1) is 0 Å². The Morgan fingerprint density at radius 3 is 2.58 bits per heavy atom. The molecular weight excluding hydrogens is 529 g/mol. The fraction of sp³-hybridized carbons (Fsp3) is 0.708. The van der Waals surface area contributed by atoms with Crippen LogP contribution in [-0.4, -0.2) is 85.6 Å². The lowest BCUT2D eigenvalue weighted by atomic mass is 10.2. The van der Waals surface area contributed by atoms with Gasteiger partial charge in [0.25, 0.3) is 0 Å². The molecule has 2 saturated heterocycles. The van der Waals surface area contributed by atoms with Crippen LogP contribution >= 0.6 is 24.0 Å². The average Bonchev–Trinajstić information content (AvgIpc) is 3.04. The molecule has 0 unspecified atom stereocenters. The molecule has 1 amide bonds. The highest BCUT2D eigenvalue weighted by atomic mass is 127. The molecule has 2 aliphatic heterocycles. The van der Waals surface area contributed by atoms with E-state index in [1.54, 1.807) is 0 Å². The number of halogens is 1. The first-order chi connectivity index (χ1) is 15.7. The Morgan fingerprint density at radius 1 is 1.06 bits per heavy atom. The van der Waals surface area contributed by atoms with Gasteiger partial charge in [0.2, 0.25) is 5.91 Å². The van der Waals surface area contributed by atoms with Crippen LogP contribution in [0.15, 0.2) is 23.3 Å². The molecule has 3 heterocycles. The number of rotatable bonds is 9. The molecule has 1 aromatic rings. The molecule has 2 fully saturated rings. The second-order valence-corrected chi connectivity index (χ2v) is 8.61. The van der Waals surface area contributed by atoms with E-state index in [4.69, 9.17) is 4.99 Å². The number of nitrogens with one attached hydrogen (secondary N) is 2. The van der Waals surface area contributed by atoms with E-state index in [1.807, 2.05) is 11.1 Å². The first-order valence-electron chi connectivity index (χ1n) is 12.4. The zero-order chi connectivity index (χ0) is 22.6. The van der Waals surface area contributed by atoms with Crippen molar-refractivity contribution in [2.24, 2.45) is 4.99 Å². The highest BCUT2D eigenvalue weighted by Crippen LogP contribution is 2.14. The predicted octanol–water partition coefficient (Wildman–Crippen LogP) is 2.69. The molecule has 0 aromatic carbocycles. The summed E-state index contributed by atoms with van der Waals surface area (Å²) in [7, 11) is 0. The van der Waals surface area contributed by atoms with E-state index in [0.717, 1.165) is 95.5 Å². The molecule has 2 N–H and O–H groups in total. The molecule has 33 heavy (non-hydrogen) atoms. The Morgan fingerprint density at radius 2 is 1.88 bits per heavy atom. The Balaban J connectivity index is 0.00000385. The molecule has 2 aliphatic rings. The van der Waals surface area contributed by atoms with Gasteiger partial charge in [0, 0.05) is 65.0 Å². The monoisotopic (exact) mass is 571 g/mol. The number of aliphatic imine (C=N–C) groups is 1. The lowest BCUT2D eigenvalue weighted by Crippen LogP contribution is -2.46. The minimum Gasteiger partial charge on any atom is -0.357 e. The van der Waals surface area contributed by atoms with Crippen molar-refractivity contribution in [2.75, 3.05) is 63.8 Å². The van der Waals surface area contributed by atoms with Gasteiger partial charge in [0.15, 0.2) is 5.96 Å². The fourth-order valence-corrected chi connectivity index (χ4v) is 4.25. The van der Waals surface area contributed by atoms with Crippen molar-refractivity contribution in [1.29, 1.82) is 0 Å². The smallest absolute Gasteiger partial charge is 0.222 e. The number of pyridine rings is 1. The van der Waals surface area contributed by atoms with Gasteiger partial charge < -0.3 is 25.3 Å². The maximum atomic E-state index is 12.1. The number of carbonyl (C=O) groups excluding carboxylic acids is 1. The van der Waals surface area contributed by atoms with Crippen molar-refractivity contribution in [3.63, 3.8) is 0 Å². The summed E-state index contributed by atoms with van der Waals surface area (Å²) in [5.74, 6) is 2.18. The summed E-state index contributed by atoms with van der Waals surface area (Å²) in [4.78, 5) is 28.4. The Hall–Kier alpha value is -1.62. The minimum atomic E-state index is 0. The lowest BCUT2D eigenvalue weighted by Gasteiger charge is -2.34. The number of anilines is 1. The number of nitrogens with zero attached hydrogens (tertiary/aromatic N) is 5. The van der Waals surface area contributed by atoms with E-state index in [9.17, 15) is 4.79 Å². The third kappa shape index (κ3) is 9.27. The molecule has 3 rings (SSSR count). The van der Waals surface area contributed by atoms with Crippen LogP contribution in [0.5, 0.6) is 0 Å². The van der Waals surface area contributed by atoms with Gasteiger partial charge in [-0.1, -0.05) is 19.4 Å². The van der Waals surface area contributed by atoms with Crippen LogP contribution < -0.4 is 15.5 Å². The van der Waals surface area contributed by atoms with E-state index < -0.39 is 0 Å². The van der Waals surface area contributed by atoms with Gasteiger partial charge in [-0.05, 0) is 44.4 Å². The van der Waals surface area contributed by atoms with Crippen molar-refractivity contribution in [2.45, 2.75) is 52.5 Å². The van der Waals surface area contributed by atoms with E-state index in [1.165, 1.54) is 6.42 Å². The van der Waals surface area contributed by atoms with Crippen molar-refractivity contribution in [3.05, 3.63) is 23.9 Å². The highest BCUT2D eigenvalue weighted by molar-refractivity contribution is 14.0. The zero-order valence-electron chi connectivity index (χ0n) is 20.4. The molecule has 0 aliphatic carbocycles.